The number of rotatable bonds is 3. The van der Waals surface area contributed by atoms with Gasteiger partial charge in [-0.25, -0.2) is 17.7 Å². The molecule has 4 heterocycles. The van der Waals surface area contributed by atoms with Crippen LogP contribution in [-0.2, 0) is 20.3 Å². The Kier molecular flexibility index (Phi) is 4.76. The van der Waals surface area contributed by atoms with Gasteiger partial charge in [0.2, 0.25) is 21.9 Å². The third-order valence-electron chi connectivity index (χ3n) is 4.82. The second-order valence-electron chi connectivity index (χ2n) is 6.55. The van der Waals surface area contributed by atoms with Crippen molar-refractivity contribution in [3.63, 3.8) is 0 Å². The van der Waals surface area contributed by atoms with Crippen molar-refractivity contribution in [3.05, 3.63) is 45.0 Å². The van der Waals surface area contributed by atoms with E-state index in [1.54, 1.807) is 0 Å². The van der Waals surface area contributed by atoms with E-state index >= 15 is 0 Å². The zero-order valence-electron chi connectivity index (χ0n) is 14.9. The van der Waals surface area contributed by atoms with Crippen LogP contribution in [0.5, 0.6) is 0 Å². The molecule has 9 nitrogen and oxygen atoms in total. The number of ether oxygens (including phenoxy) is 1. The van der Waals surface area contributed by atoms with Crippen molar-refractivity contribution in [2.45, 2.75) is 10.8 Å². The van der Waals surface area contributed by atoms with Gasteiger partial charge >= 0.3 is 0 Å². The lowest BCUT2D eigenvalue weighted by molar-refractivity contribution is 0.103. The molecule has 0 radical (unpaired) electrons. The molecule has 0 bridgehead atoms. The largest absolute Gasteiger partial charge is 0.377 e. The molecule has 2 aromatic heterocycles. The Hall–Kier alpha value is -2.28. The standard InChI is InChI=1S/C16H15ClFN5O4S2/c1-23-15(19)22-16(7-27-6-10(16)29(23,25)26)13-8(17)5-9(28-13)14(24)21-12-4-2-3-11(18)20-12/h2-5,10H,6-7H2,1H3,(H2,19,22)(H,20,21,24)/t10?,16-/m0/s1. The first-order valence-electron chi connectivity index (χ1n) is 8.31. The Morgan fingerprint density at radius 1 is 1.55 bits per heavy atom. The zero-order valence-corrected chi connectivity index (χ0v) is 17.3. The summed E-state index contributed by atoms with van der Waals surface area (Å²) in [6.45, 7) is -0.101. The van der Waals surface area contributed by atoms with Gasteiger partial charge < -0.3 is 15.4 Å². The molecule has 3 N–H and O–H groups in total. The summed E-state index contributed by atoms with van der Waals surface area (Å²) >= 11 is 7.35. The van der Waals surface area contributed by atoms with Gasteiger partial charge in [-0.1, -0.05) is 17.7 Å². The number of sulfonamides is 1. The number of nitrogens with zero attached hydrogens (tertiary/aromatic N) is 2. The lowest BCUT2D eigenvalue weighted by atomic mass is 9.95. The molecule has 2 atom stereocenters. The number of pyridine rings is 1. The van der Waals surface area contributed by atoms with E-state index in [-0.39, 0.29) is 34.9 Å². The van der Waals surface area contributed by atoms with E-state index in [0.717, 1.165) is 21.7 Å². The van der Waals surface area contributed by atoms with Gasteiger partial charge in [-0.05, 0) is 18.2 Å². The Morgan fingerprint density at radius 2 is 2.31 bits per heavy atom. The molecule has 29 heavy (non-hydrogen) atoms. The van der Waals surface area contributed by atoms with E-state index in [4.69, 9.17) is 21.7 Å². The molecule has 2 aliphatic rings. The van der Waals surface area contributed by atoms with Gasteiger partial charge in [0.05, 0.1) is 28.0 Å². The monoisotopic (exact) mass is 459 g/mol. The number of anilines is 1. The Labute approximate surface area is 174 Å². The van der Waals surface area contributed by atoms with Gasteiger partial charge in [0.15, 0.2) is 0 Å². The first-order valence-corrected chi connectivity index (χ1v) is 11.0. The predicted octanol–water partition coefficient (Wildman–Crippen LogP) is 1.58. The maximum Gasteiger partial charge on any atom is 0.266 e. The lowest BCUT2D eigenvalue weighted by Crippen LogP contribution is -2.66. The first kappa shape index (κ1) is 20.0. The Balaban J connectivity index is 1.70. The van der Waals surface area contributed by atoms with Crippen molar-refractivity contribution >= 4 is 50.6 Å². The van der Waals surface area contributed by atoms with Crippen LogP contribution in [0.2, 0.25) is 5.02 Å². The van der Waals surface area contributed by atoms with E-state index < -0.39 is 32.7 Å². The molecule has 0 saturated carbocycles. The summed E-state index contributed by atoms with van der Waals surface area (Å²) in [6, 6.07) is 5.39. The molecule has 0 aromatic carbocycles. The average Bonchev–Trinajstić information content (AvgIpc) is 3.25. The summed E-state index contributed by atoms with van der Waals surface area (Å²) < 4.78 is 45.2. The number of fused-ring (bicyclic) bond motifs is 1. The van der Waals surface area contributed by atoms with Crippen LogP contribution in [0.25, 0.3) is 0 Å². The fourth-order valence-corrected chi connectivity index (χ4v) is 6.70. The summed E-state index contributed by atoms with van der Waals surface area (Å²) in [7, 11) is -2.57. The van der Waals surface area contributed by atoms with Gasteiger partial charge in [0.1, 0.15) is 16.6 Å². The highest BCUT2D eigenvalue weighted by molar-refractivity contribution is 7.90. The number of nitrogens with one attached hydrogen (secondary N) is 3. The molecule has 2 aromatic rings. The van der Waals surface area contributed by atoms with E-state index in [1.165, 1.54) is 25.2 Å². The van der Waals surface area contributed by atoms with Crippen LogP contribution in [0.3, 0.4) is 0 Å². The third-order valence-corrected chi connectivity index (χ3v) is 8.74. The summed E-state index contributed by atoms with van der Waals surface area (Å²) in [5, 5.41) is 12.6. The number of thiophene rings is 1. The molecule has 154 valence electrons. The average molecular weight is 460 g/mol. The lowest BCUT2D eigenvalue weighted by Gasteiger charge is -2.42. The van der Waals surface area contributed by atoms with Crippen LogP contribution < -0.4 is 10.6 Å². The molecule has 4 rings (SSSR count). The molecular formula is C16H15ClFN5O4S2. The van der Waals surface area contributed by atoms with Crippen LogP contribution in [0.1, 0.15) is 14.5 Å². The topological polar surface area (TPSA) is 124 Å². The van der Waals surface area contributed by atoms with Crippen molar-refractivity contribution in [1.29, 1.82) is 5.41 Å². The highest BCUT2D eigenvalue weighted by Gasteiger charge is 2.59. The van der Waals surface area contributed by atoms with Crippen molar-refractivity contribution in [1.82, 2.24) is 14.6 Å². The van der Waals surface area contributed by atoms with Crippen molar-refractivity contribution in [2.75, 3.05) is 25.6 Å². The van der Waals surface area contributed by atoms with E-state index in [1.807, 2.05) is 0 Å². The summed E-state index contributed by atoms with van der Waals surface area (Å²) in [5.41, 5.74) is -1.28. The third kappa shape index (κ3) is 3.16. The maximum atomic E-state index is 13.2. The summed E-state index contributed by atoms with van der Waals surface area (Å²) in [5.74, 6) is -1.59. The highest BCUT2D eigenvalue weighted by Crippen LogP contribution is 2.45. The molecule has 2 saturated heterocycles. The second-order valence-corrected chi connectivity index (χ2v) is 10.2. The fourth-order valence-electron chi connectivity index (χ4n) is 3.34. The molecule has 0 aliphatic carbocycles. The van der Waals surface area contributed by atoms with Crippen LogP contribution in [0.15, 0.2) is 24.3 Å². The highest BCUT2D eigenvalue weighted by atomic mass is 35.5. The SMILES string of the molecule is CN1C(=N)N[C@@]2(c3sc(C(=O)Nc4cccc(F)n4)cc3Cl)COCC2S1(=O)=O. The summed E-state index contributed by atoms with van der Waals surface area (Å²) in [4.78, 5) is 16.7. The zero-order chi connectivity index (χ0) is 21.0. The molecule has 2 fully saturated rings. The number of hydrogen-bond acceptors (Lipinski definition) is 7. The fraction of sp³-hybridized carbons (Fsp3) is 0.312. The smallest absolute Gasteiger partial charge is 0.266 e. The number of carbonyl (C=O) groups is 1. The van der Waals surface area contributed by atoms with E-state index in [0.29, 0.717) is 4.88 Å². The van der Waals surface area contributed by atoms with Crippen molar-refractivity contribution < 1.29 is 22.3 Å². The number of hydrogen-bond donors (Lipinski definition) is 3. The van der Waals surface area contributed by atoms with Crippen LogP contribution in [0, 0.1) is 11.4 Å². The number of halogens is 2. The second kappa shape index (κ2) is 6.90. The number of carbonyl (C=O) groups excluding carboxylic acids is 1. The Morgan fingerprint density at radius 3 is 3.03 bits per heavy atom. The minimum absolute atomic E-state index is 0.0279. The molecule has 13 heteroatoms. The van der Waals surface area contributed by atoms with Gasteiger partial charge in [-0.15, -0.1) is 11.3 Å². The number of guanidine groups is 1. The molecule has 1 unspecified atom stereocenters. The summed E-state index contributed by atoms with van der Waals surface area (Å²) in [6.07, 6.45) is 0. The quantitative estimate of drug-likeness (QED) is 0.598. The van der Waals surface area contributed by atoms with Crippen molar-refractivity contribution in [2.24, 2.45) is 0 Å². The van der Waals surface area contributed by atoms with Gasteiger partial charge in [-0.3, -0.25) is 10.2 Å². The van der Waals surface area contributed by atoms with Crippen LogP contribution >= 0.6 is 22.9 Å². The Bertz CT molecular complexity index is 1120. The van der Waals surface area contributed by atoms with Crippen LogP contribution in [0.4, 0.5) is 10.2 Å². The normalized spacial score (nSPS) is 25.4. The molecule has 1 amide bonds. The van der Waals surface area contributed by atoms with Crippen molar-refractivity contribution in [3.8, 4) is 0 Å². The van der Waals surface area contributed by atoms with Gasteiger partial charge in [-0.2, -0.15) is 4.39 Å². The minimum Gasteiger partial charge on any atom is -0.377 e. The predicted molar refractivity (Wildman–Crippen MR) is 105 cm³/mol. The van der Waals surface area contributed by atoms with E-state index in [9.17, 15) is 17.6 Å². The molecule has 0 spiro atoms. The number of aromatic nitrogens is 1. The van der Waals surface area contributed by atoms with Crippen LogP contribution in [-0.4, -0.2) is 55.1 Å². The van der Waals surface area contributed by atoms with Gasteiger partial charge in [0, 0.05) is 7.05 Å². The van der Waals surface area contributed by atoms with E-state index in [2.05, 4.69) is 15.6 Å². The first-order chi connectivity index (χ1) is 13.6. The molecule has 2 aliphatic heterocycles. The van der Waals surface area contributed by atoms with Gasteiger partial charge in [0.25, 0.3) is 5.91 Å². The minimum atomic E-state index is -3.86. The number of amides is 1. The maximum absolute atomic E-state index is 13.2. The molecular weight excluding hydrogens is 445 g/mol.